The number of benzene rings is 2. The minimum Gasteiger partial charge on any atom is -0.491 e. The normalized spacial score (nSPS) is 10.2. The molecular formula is C19H22N2O5. The summed E-state index contributed by atoms with van der Waals surface area (Å²) in [6, 6.07) is 11.4. The number of rotatable bonds is 8. The van der Waals surface area contributed by atoms with Gasteiger partial charge in [0.2, 0.25) is 0 Å². The van der Waals surface area contributed by atoms with Gasteiger partial charge < -0.3 is 25.2 Å². The second-order valence-electron chi connectivity index (χ2n) is 5.63. The van der Waals surface area contributed by atoms with E-state index >= 15 is 0 Å². The molecule has 0 atom stereocenters. The second kappa shape index (κ2) is 9.43. The summed E-state index contributed by atoms with van der Waals surface area (Å²) in [4.78, 5) is 22.9. The Morgan fingerprint density at radius 3 is 2.42 bits per heavy atom. The summed E-state index contributed by atoms with van der Waals surface area (Å²) in [7, 11) is 1.61. The third-order valence-corrected chi connectivity index (χ3v) is 3.66. The average Bonchev–Trinajstić information content (AvgIpc) is 2.63. The van der Waals surface area contributed by atoms with E-state index in [1.54, 1.807) is 31.4 Å². The number of anilines is 1. The minimum absolute atomic E-state index is 0.210. The molecule has 7 nitrogen and oxygen atoms in total. The minimum atomic E-state index is -0.979. The fraction of sp³-hybridized carbons (Fsp3) is 0.263. The number of carboxylic acids is 1. The molecule has 0 aliphatic carbocycles. The van der Waals surface area contributed by atoms with Gasteiger partial charge in [0.05, 0.1) is 12.2 Å². The second-order valence-corrected chi connectivity index (χ2v) is 5.63. The highest BCUT2D eigenvalue weighted by Crippen LogP contribution is 2.21. The van der Waals surface area contributed by atoms with Crippen LogP contribution < -0.4 is 15.4 Å². The van der Waals surface area contributed by atoms with Crippen molar-refractivity contribution < 1.29 is 24.2 Å². The Morgan fingerprint density at radius 1 is 1.08 bits per heavy atom. The number of hydrogen-bond donors (Lipinski definition) is 3. The molecule has 3 N–H and O–H groups in total. The molecule has 138 valence electrons. The first-order chi connectivity index (χ1) is 12.5. The fourth-order valence-corrected chi connectivity index (χ4v) is 2.22. The smallest absolute Gasteiger partial charge is 0.335 e. The van der Waals surface area contributed by atoms with Crippen molar-refractivity contribution in [3.05, 3.63) is 59.2 Å². The van der Waals surface area contributed by atoms with E-state index < -0.39 is 5.97 Å². The highest BCUT2D eigenvalue weighted by Gasteiger charge is 2.07. The van der Waals surface area contributed by atoms with Crippen LogP contribution >= 0.6 is 0 Å². The Kier molecular flexibility index (Phi) is 6.99. The predicted molar refractivity (Wildman–Crippen MR) is 97.8 cm³/mol. The Balaban J connectivity index is 1.86. The van der Waals surface area contributed by atoms with Crippen LogP contribution in [0.15, 0.2) is 42.5 Å². The molecule has 0 aliphatic rings. The molecule has 26 heavy (non-hydrogen) atoms. The molecule has 0 radical (unpaired) electrons. The number of amides is 2. The molecule has 0 heterocycles. The van der Waals surface area contributed by atoms with Gasteiger partial charge in [-0.05, 0) is 48.4 Å². The molecule has 2 rings (SSSR count). The molecule has 0 unspecified atom stereocenters. The molecule has 0 bridgehead atoms. The lowest BCUT2D eigenvalue weighted by Gasteiger charge is -2.12. The Labute approximate surface area is 151 Å². The summed E-state index contributed by atoms with van der Waals surface area (Å²) in [6.07, 6.45) is 0. The number of aromatic carboxylic acids is 1. The Hall–Kier alpha value is -3.06. The van der Waals surface area contributed by atoms with Gasteiger partial charge in [-0.3, -0.25) is 0 Å². The number of ether oxygens (including phenoxy) is 2. The topological polar surface area (TPSA) is 96.9 Å². The van der Waals surface area contributed by atoms with E-state index in [-0.39, 0.29) is 11.6 Å². The Bertz CT molecular complexity index is 759. The monoisotopic (exact) mass is 358 g/mol. The standard InChI is InChI=1S/C19H22N2O5/c1-13-11-16(26-10-9-25-2)7-8-17(13)21-19(24)20-12-14-3-5-15(6-4-14)18(22)23/h3-8,11H,9-10,12H2,1-2H3,(H,22,23)(H2,20,21,24). The van der Waals surface area contributed by atoms with Crippen LogP contribution in [0, 0.1) is 6.92 Å². The van der Waals surface area contributed by atoms with Crippen molar-refractivity contribution in [2.75, 3.05) is 25.6 Å². The van der Waals surface area contributed by atoms with Crippen LogP contribution in [0.25, 0.3) is 0 Å². The number of nitrogens with one attached hydrogen (secondary N) is 2. The van der Waals surface area contributed by atoms with E-state index in [4.69, 9.17) is 14.6 Å². The number of methoxy groups -OCH3 is 1. The van der Waals surface area contributed by atoms with Crippen LogP contribution in [0.3, 0.4) is 0 Å². The van der Waals surface area contributed by atoms with Gasteiger partial charge in [0.1, 0.15) is 12.4 Å². The third-order valence-electron chi connectivity index (χ3n) is 3.66. The van der Waals surface area contributed by atoms with E-state index in [1.165, 1.54) is 12.1 Å². The Morgan fingerprint density at radius 2 is 1.81 bits per heavy atom. The first-order valence-electron chi connectivity index (χ1n) is 8.09. The first kappa shape index (κ1) is 19.3. The van der Waals surface area contributed by atoms with Gasteiger partial charge in [0.25, 0.3) is 0 Å². The van der Waals surface area contributed by atoms with E-state index in [1.807, 2.05) is 13.0 Å². The quantitative estimate of drug-likeness (QED) is 0.630. The first-order valence-corrected chi connectivity index (χ1v) is 8.09. The largest absolute Gasteiger partial charge is 0.491 e. The summed E-state index contributed by atoms with van der Waals surface area (Å²) in [6.45, 7) is 3.14. The van der Waals surface area contributed by atoms with E-state index in [9.17, 15) is 9.59 Å². The van der Waals surface area contributed by atoms with Crippen molar-refractivity contribution in [2.24, 2.45) is 0 Å². The van der Waals surface area contributed by atoms with Gasteiger partial charge in [0, 0.05) is 19.3 Å². The van der Waals surface area contributed by atoms with E-state index in [2.05, 4.69) is 10.6 Å². The van der Waals surface area contributed by atoms with Crippen LogP contribution in [0.1, 0.15) is 21.5 Å². The number of carboxylic acid groups (broad SMARTS) is 1. The zero-order chi connectivity index (χ0) is 18.9. The lowest BCUT2D eigenvalue weighted by molar-refractivity contribution is 0.0697. The number of hydrogen-bond acceptors (Lipinski definition) is 4. The summed E-state index contributed by atoms with van der Waals surface area (Å²) in [5.41, 5.74) is 2.58. The number of carbonyl (C=O) groups is 2. The SMILES string of the molecule is COCCOc1ccc(NC(=O)NCc2ccc(C(=O)O)cc2)c(C)c1. The number of aryl methyl sites for hydroxylation is 1. The van der Waals surface area contributed by atoms with Crippen LogP contribution in [0.2, 0.25) is 0 Å². The number of carbonyl (C=O) groups excluding carboxylic acids is 1. The molecule has 0 aliphatic heterocycles. The van der Waals surface area contributed by atoms with Crippen molar-refractivity contribution in [2.45, 2.75) is 13.5 Å². The fourth-order valence-electron chi connectivity index (χ4n) is 2.22. The van der Waals surface area contributed by atoms with Crippen molar-refractivity contribution in [1.29, 1.82) is 0 Å². The molecule has 0 saturated carbocycles. The van der Waals surface area contributed by atoms with Crippen LogP contribution in [0.5, 0.6) is 5.75 Å². The van der Waals surface area contributed by atoms with Crippen molar-refractivity contribution in [3.8, 4) is 5.75 Å². The molecule has 2 aromatic carbocycles. The van der Waals surface area contributed by atoms with Crippen LogP contribution in [-0.4, -0.2) is 37.4 Å². The summed E-state index contributed by atoms with van der Waals surface area (Å²) < 4.78 is 10.5. The van der Waals surface area contributed by atoms with Gasteiger partial charge >= 0.3 is 12.0 Å². The summed E-state index contributed by atoms with van der Waals surface area (Å²) >= 11 is 0. The van der Waals surface area contributed by atoms with Crippen LogP contribution in [-0.2, 0) is 11.3 Å². The zero-order valence-electron chi connectivity index (χ0n) is 14.7. The molecular weight excluding hydrogens is 336 g/mol. The molecule has 0 aromatic heterocycles. The predicted octanol–water partition coefficient (Wildman–Crippen LogP) is 3.04. The van der Waals surface area contributed by atoms with Crippen molar-refractivity contribution >= 4 is 17.7 Å². The van der Waals surface area contributed by atoms with E-state index in [0.717, 1.165) is 11.1 Å². The summed E-state index contributed by atoms with van der Waals surface area (Å²) in [5, 5.41) is 14.4. The maximum Gasteiger partial charge on any atom is 0.335 e. The molecule has 2 amide bonds. The maximum atomic E-state index is 12.0. The summed E-state index contributed by atoms with van der Waals surface area (Å²) in [5.74, 6) is -0.267. The lowest BCUT2D eigenvalue weighted by atomic mass is 10.1. The highest BCUT2D eigenvalue weighted by molar-refractivity contribution is 5.90. The molecule has 7 heteroatoms. The van der Waals surface area contributed by atoms with Gasteiger partial charge in [0.15, 0.2) is 0 Å². The van der Waals surface area contributed by atoms with Crippen LogP contribution in [0.4, 0.5) is 10.5 Å². The third kappa shape index (κ3) is 5.78. The van der Waals surface area contributed by atoms with Crippen molar-refractivity contribution in [1.82, 2.24) is 5.32 Å². The zero-order valence-corrected chi connectivity index (χ0v) is 14.7. The maximum absolute atomic E-state index is 12.0. The molecule has 0 spiro atoms. The lowest BCUT2D eigenvalue weighted by Crippen LogP contribution is -2.28. The van der Waals surface area contributed by atoms with Gasteiger partial charge in [-0.2, -0.15) is 0 Å². The van der Waals surface area contributed by atoms with Gasteiger partial charge in [-0.1, -0.05) is 12.1 Å². The van der Waals surface area contributed by atoms with E-state index in [0.29, 0.717) is 31.2 Å². The van der Waals surface area contributed by atoms with Gasteiger partial charge in [-0.15, -0.1) is 0 Å². The highest BCUT2D eigenvalue weighted by atomic mass is 16.5. The van der Waals surface area contributed by atoms with Crippen molar-refractivity contribution in [3.63, 3.8) is 0 Å². The molecule has 2 aromatic rings. The van der Waals surface area contributed by atoms with Gasteiger partial charge in [-0.25, -0.2) is 9.59 Å². The molecule has 0 fully saturated rings. The number of urea groups is 1. The molecule has 0 saturated heterocycles. The average molecular weight is 358 g/mol.